The van der Waals surface area contributed by atoms with Crippen LogP contribution in [0.15, 0.2) is 42.6 Å². The molecule has 1 fully saturated rings. The molecule has 1 aliphatic rings. The Morgan fingerprint density at radius 3 is 2.89 bits per heavy atom. The van der Waals surface area contributed by atoms with E-state index in [1.54, 1.807) is 0 Å². The van der Waals surface area contributed by atoms with E-state index in [2.05, 4.69) is 38.0 Å². The normalized spacial score (nSPS) is 17.7. The minimum absolute atomic E-state index is 0.228. The topological polar surface area (TPSA) is 65.2 Å². The summed E-state index contributed by atoms with van der Waals surface area (Å²) in [7, 11) is 1.51. The van der Waals surface area contributed by atoms with Gasteiger partial charge < -0.3 is 10.2 Å². The predicted molar refractivity (Wildman–Crippen MR) is 107 cm³/mol. The van der Waals surface area contributed by atoms with Gasteiger partial charge in [-0.05, 0) is 49.6 Å². The fraction of sp³-hybridized carbons (Fsp3) is 0.350. The number of fused-ring (bicyclic) bond motifs is 1. The highest BCUT2D eigenvalue weighted by Gasteiger charge is 2.19. The summed E-state index contributed by atoms with van der Waals surface area (Å²) in [5, 5.41) is 11.8. The van der Waals surface area contributed by atoms with Crippen LogP contribution in [0.4, 0.5) is 21.5 Å². The van der Waals surface area contributed by atoms with Crippen molar-refractivity contribution in [1.29, 1.82) is 0 Å². The third-order valence-electron chi connectivity index (χ3n) is 5.05. The number of anilines is 3. The quantitative estimate of drug-likeness (QED) is 0.590. The van der Waals surface area contributed by atoms with Crippen molar-refractivity contribution in [3.05, 3.63) is 48.4 Å². The second-order valence-corrected chi connectivity index (χ2v) is 6.90. The summed E-state index contributed by atoms with van der Waals surface area (Å²) in [5.74, 6) is -0.228. The van der Waals surface area contributed by atoms with Crippen LogP contribution in [0.25, 0.3) is 10.9 Å². The molecule has 0 saturated carbocycles. The van der Waals surface area contributed by atoms with Gasteiger partial charge in [-0.3, -0.25) is 15.4 Å². The highest BCUT2D eigenvalue weighted by Crippen LogP contribution is 2.27. The van der Waals surface area contributed by atoms with E-state index in [0.717, 1.165) is 48.9 Å². The van der Waals surface area contributed by atoms with Crippen LogP contribution in [0.3, 0.4) is 0 Å². The molecular weight excluding hydrogens is 345 g/mol. The van der Waals surface area contributed by atoms with Crippen LogP contribution in [-0.2, 0) is 4.84 Å². The van der Waals surface area contributed by atoms with E-state index in [-0.39, 0.29) is 5.82 Å². The van der Waals surface area contributed by atoms with E-state index in [1.165, 1.54) is 13.2 Å². The van der Waals surface area contributed by atoms with Gasteiger partial charge in [0.05, 0.1) is 30.2 Å². The molecule has 0 amide bonds. The maximum absolute atomic E-state index is 14.5. The van der Waals surface area contributed by atoms with Gasteiger partial charge in [-0.15, -0.1) is 0 Å². The number of nitrogens with one attached hydrogen (secondary N) is 3. The van der Waals surface area contributed by atoms with Gasteiger partial charge in [-0.1, -0.05) is 0 Å². The number of H-pyrrole nitrogens is 1. The van der Waals surface area contributed by atoms with Crippen molar-refractivity contribution in [3.8, 4) is 0 Å². The molecule has 1 aromatic heterocycles. The zero-order chi connectivity index (χ0) is 18.6. The summed E-state index contributed by atoms with van der Waals surface area (Å²) in [6.07, 6.45) is 4.87. The molecule has 27 heavy (non-hydrogen) atoms. The fourth-order valence-electron chi connectivity index (χ4n) is 3.69. The van der Waals surface area contributed by atoms with Crippen molar-refractivity contribution < 1.29 is 9.23 Å². The first kappa shape index (κ1) is 17.6. The first-order valence-electron chi connectivity index (χ1n) is 9.26. The second-order valence-electron chi connectivity index (χ2n) is 6.90. The Kier molecular flexibility index (Phi) is 5.11. The van der Waals surface area contributed by atoms with E-state index < -0.39 is 0 Å². The molecule has 7 heteroatoms. The van der Waals surface area contributed by atoms with Gasteiger partial charge in [-0.2, -0.15) is 5.10 Å². The number of aromatic nitrogens is 2. The summed E-state index contributed by atoms with van der Waals surface area (Å²) in [6, 6.07) is 11.7. The van der Waals surface area contributed by atoms with E-state index in [4.69, 9.17) is 4.84 Å². The largest absolute Gasteiger partial charge is 0.382 e. The maximum Gasteiger partial charge on any atom is 0.148 e. The van der Waals surface area contributed by atoms with Crippen molar-refractivity contribution in [2.24, 2.45) is 0 Å². The Morgan fingerprint density at radius 2 is 2.04 bits per heavy atom. The second kappa shape index (κ2) is 7.84. The maximum atomic E-state index is 14.5. The molecule has 142 valence electrons. The number of rotatable bonds is 5. The SMILES string of the molecule is CONc1ccc(N2CCCC(Nc3ccc4[nH]ncc4c3)CC2)c(F)c1. The fourth-order valence-corrected chi connectivity index (χ4v) is 3.69. The third kappa shape index (κ3) is 3.98. The van der Waals surface area contributed by atoms with Crippen molar-refractivity contribution in [2.45, 2.75) is 25.3 Å². The average Bonchev–Trinajstić information content (AvgIpc) is 3.01. The van der Waals surface area contributed by atoms with Crippen LogP contribution in [0, 0.1) is 5.82 Å². The Bertz CT molecular complexity index is 912. The van der Waals surface area contributed by atoms with Gasteiger partial charge in [0.1, 0.15) is 5.82 Å². The minimum atomic E-state index is -0.228. The van der Waals surface area contributed by atoms with Crippen LogP contribution in [0.5, 0.6) is 0 Å². The lowest BCUT2D eigenvalue weighted by Crippen LogP contribution is -2.27. The zero-order valence-corrected chi connectivity index (χ0v) is 15.3. The monoisotopic (exact) mass is 369 g/mol. The molecule has 1 saturated heterocycles. The molecule has 4 rings (SSSR count). The van der Waals surface area contributed by atoms with Crippen LogP contribution >= 0.6 is 0 Å². The van der Waals surface area contributed by atoms with Gasteiger partial charge in [-0.25, -0.2) is 4.39 Å². The molecule has 6 nitrogen and oxygen atoms in total. The summed E-state index contributed by atoms with van der Waals surface area (Å²) < 4.78 is 14.5. The molecule has 0 aliphatic carbocycles. The van der Waals surface area contributed by atoms with E-state index in [0.29, 0.717) is 17.4 Å². The van der Waals surface area contributed by atoms with E-state index in [1.807, 2.05) is 24.4 Å². The lowest BCUT2D eigenvalue weighted by molar-refractivity contribution is 0.271. The summed E-state index contributed by atoms with van der Waals surface area (Å²) in [4.78, 5) is 6.97. The molecule has 1 atom stereocenters. The minimum Gasteiger partial charge on any atom is -0.382 e. The lowest BCUT2D eigenvalue weighted by atomic mass is 10.1. The summed E-state index contributed by atoms with van der Waals surface area (Å²) >= 11 is 0. The molecule has 0 bridgehead atoms. The molecule has 1 aliphatic heterocycles. The standard InChI is InChI=1S/C20H24FN5O/c1-27-25-17-5-7-20(18(21)12-17)26-9-2-3-15(8-10-26)23-16-4-6-19-14(11-16)13-22-24-19/h4-7,11-13,15,23,25H,2-3,8-10H2,1H3,(H,22,24). The van der Waals surface area contributed by atoms with Crippen molar-refractivity contribution in [1.82, 2.24) is 10.2 Å². The zero-order valence-electron chi connectivity index (χ0n) is 15.3. The molecule has 1 unspecified atom stereocenters. The Morgan fingerprint density at radius 1 is 1.15 bits per heavy atom. The summed E-state index contributed by atoms with van der Waals surface area (Å²) in [6.45, 7) is 1.67. The number of hydrogen-bond donors (Lipinski definition) is 3. The highest BCUT2D eigenvalue weighted by molar-refractivity contribution is 5.81. The van der Waals surface area contributed by atoms with E-state index >= 15 is 0 Å². The van der Waals surface area contributed by atoms with Crippen molar-refractivity contribution in [2.75, 3.05) is 35.9 Å². The number of halogens is 1. The molecular formula is C20H24FN5O. The van der Waals surface area contributed by atoms with Crippen LogP contribution < -0.4 is 15.7 Å². The lowest BCUT2D eigenvalue weighted by Gasteiger charge is -2.24. The van der Waals surface area contributed by atoms with Crippen molar-refractivity contribution >= 4 is 28.0 Å². The molecule has 2 heterocycles. The number of benzene rings is 2. The van der Waals surface area contributed by atoms with Gasteiger partial charge in [0.2, 0.25) is 0 Å². The number of nitrogens with zero attached hydrogens (tertiary/aromatic N) is 2. The van der Waals surface area contributed by atoms with Crippen LogP contribution in [-0.4, -0.2) is 36.4 Å². The van der Waals surface area contributed by atoms with Gasteiger partial charge in [0.15, 0.2) is 0 Å². The van der Waals surface area contributed by atoms with E-state index in [9.17, 15) is 4.39 Å². The van der Waals surface area contributed by atoms with Gasteiger partial charge >= 0.3 is 0 Å². The Labute approximate surface area is 157 Å². The average molecular weight is 369 g/mol. The Hall–Kier alpha value is -2.80. The van der Waals surface area contributed by atoms with Crippen molar-refractivity contribution in [3.63, 3.8) is 0 Å². The van der Waals surface area contributed by atoms with Crippen LogP contribution in [0.2, 0.25) is 0 Å². The highest BCUT2D eigenvalue weighted by atomic mass is 19.1. The third-order valence-corrected chi connectivity index (χ3v) is 5.05. The Balaban J connectivity index is 1.41. The molecule has 3 aromatic rings. The summed E-state index contributed by atoms with van der Waals surface area (Å²) in [5.41, 5.74) is 6.06. The smallest absolute Gasteiger partial charge is 0.148 e. The molecule has 0 radical (unpaired) electrons. The first-order chi connectivity index (χ1) is 13.2. The molecule has 3 N–H and O–H groups in total. The number of aromatic amines is 1. The molecule has 2 aromatic carbocycles. The predicted octanol–water partition coefficient (Wildman–Crippen LogP) is 4.15. The van der Waals surface area contributed by atoms with Gasteiger partial charge in [0.25, 0.3) is 0 Å². The first-order valence-corrected chi connectivity index (χ1v) is 9.26. The van der Waals surface area contributed by atoms with Crippen LogP contribution in [0.1, 0.15) is 19.3 Å². The van der Waals surface area contributed by atoms with Gasteiger partial charge in [0, 0.05) is 36.3 Å². The number of hydrogen-bond acceptors (Lipinski definition) is 5. The molecule has 0 spiro atoms.